The number of Topliss-reactive ketones (excluding diaryl/α,β-unsaturated/α-hetero) is 1. The molecular weight excluding hydrogens is 522 g/mol. The Morgan fingerprint density at radius 2 is 2.03 bits per heavy atom. The molecule has 0 radical (unpaired) electrons. The molecule has 4 heterocycles. The minimum absolute atomic E-state index is 0.00758. The Kier molecular flexibility index (Phi) is 7.98. The molecule has 1 aromatic heterocycles. The largest absolute Gasteiger partial charge is 0.596 e. The third kappa shape index (κ3) is 5.43. The minimum Gasteiger partial charge on any atom is -0.411 e. The Morgan fingerprint density at radius 1 is 1.26 bits per heavy atom. The van der Waals surface area contributed by atoms with Crippen LogP contribution >= 0.6 is 11.8 Å². The fourth-order valence-corrected chi connectivity index (χ4v) is 7.57. The van der Waals surface area contributed by atoms with Gasteiger partial charge >= 0.3 is 6.09 Å². The molecule has 5 rings (SSSR count). The Hall–Kier alpha value is -2.57. The smallest absolute Gasteiger partial charge is 0.411 e. The van der Waals surface area contributed by atoms with E-state index in [1.165, 1.54) is 0 Å². The number of ketones is 1. The molecule has 39 heavy (non-hydrogen) atoms. The first-order valence-electron chi connectivity index (χ1n) is 13.7. The van der Waals surface area contributed by atoms with Gasteiger partial charge in [-0.2, -0.15) is 16.6 Å². The van der Waals surface area contributed by atoms with Gasteiger partial charge < -0.3 is 24.3 Å². The van der Waals surface area contributed by atoms with Gasteiger partial charge in [0, 0.05) is 37.1 Å². The van der Waals surface area contributed by atoms with Crippen molar-refractivity contribution in [2.24, 2.45) is 16.5 Å². The van der Waals surface area contributed by atoms with Crippen molar-refractivity contribution < 1.29 is 33.6 Å². The van der Waals surface area contributed by atoms with Gasteiger partial charge in [-0.05, 0) is 39.7 Å². The summed E-state index contributed by atoms with van der Waals surface area (Å²) < 4.78 is 19.4. The van der Waals surface area contributed by atoms with Crippen molar-refractivity contribution in [3.8, 4) is 0 Å². The zero-order valence-electron chi connectivity index (χ0n) is 22.9. The minimum atomic E-state index is -0.895. The Balaban J connectivity index is 1.34. The fourth-order valence-electron chi connectivity index (χ4n) is 6.05. The van der Waals surface area contributed by atoms with Gasteiger partial charge in [0.2, 0.25) is 5.95 Å². The molecule has 1 saturated carbocycles. The number of amides is 1. The molecule has 1 aromatic rings. The van der Waals surface area contributed by atoms with Crippen molar-refractivity contribution in [3.63, 3.8) is 0 Å². The third-order valence-corrected chi connectivity index (χ3v) is 9.14. The molecule has 4 aliphatic rings. The van der Waals surface area contributed by atoms with Crippen LogP contribution in [0.15, 0.2) is 17.4 Å². The Labute approximate surface area is 233 Å². The van der Waals surface area contributed by atoms with Crippen LogP contribution in [0, 0.1) is 11.3 Å². The summed E-state index contributed by atoms with van der Waals surface area (Å²) in [6.07, 6.45) is 6.96. The standard InChI is InChI=1S/C27H37N5O6S/c1-25(2,3)38-24(34)32-12-6-11-31(13-14-32)23-28-10-7-20(29-23)21(30-35)19-17-39-18-26(22(19)33)8-4-5-9-27(26)36-15-16-37-27/h7,10,12,19H,4-6,8-9,11,13-18H2,1-3H3/p+1. The molecule has 1 N–H and O–H groups in total. The fraction of sp³-hybridized carbons (Fsp3) is 0.704. The molecule has 12 heteroatoms. The maximum atomic E-state index is 14.2. The molecule has 1 amide bonds. The summed E-state index contributed by atoms with van der Waals surface area (Å²) in [6, 6.07) is 1.67. The lowest BCUT2D eigenvalue weighted by Gasteiger charge is -2.51. The number of aromatic nitrogens is 2. The number of thioether (sulfide) groups is 1. The van der Waals surface area contributed by atoms with Gasteiger partial charge in [0.15, 0.2) is 24.3 Å². The molecule has 2 saturated heterocycles. The molecular formula is C27H38N5O6S+. The SMILES string of the molecule is CC(C)(C)OC(=O)[N+]1=CCCN(c2nccc(/C(=N\O)C3CSCC4(CCCCC45OCCO5)C3=O)n2)CC1. The Morgan fingerprint density at radius 3 is 2.77 bits per heavy atom. The number of nitrogens with zero attached hydrogens (tertiary/aromatic N) is 5. The van der Waals surface area contributed by atoms with Crippen molar-refractivity contribution in [3.05, 3.63) is 18.0 Å². The number of oxime groups is 1. The highest BCUT2D eigenvalue weighted by atomic mass is 32.2. The first-order chi connectivity index (χ1) is 18.7. The molecule has 0 aromatic carbocycles. The summed E-state index contributed by atoms with van der Waals surface area (Å²) in [5, 5.41) is 13.8. The van der Waals surface area contributed by atoms with Gasteiger partial charge in [-0.1, -0.05) is 11.6 Å². The van der Waals surface area contributed by atoms with Crippen molar-refractivity contribution in [1.82, 2.24) is 9.97 Å². The van der Waals surface area contributed by atoms with Crippen LogP contribution in [0.1, 0.15) is 58.6 Å². The van der Waals surface area contributed by atoms with E-state index in [1.807, 2.05) is 31.9 Å². The summed E-state index contributed by atoms with van der Waals surface area (Å²) in [7, 11) is 0. The van der Waals surface area contributed by atoms with E-state index in [9.17, 15) is 14.8 Å². The summed E-state index contributed by atoms with van der Waals surface area (Å²) in [5.74, 6) is 0.0596. The second kappa shape index (κ2) is 11.1. The first kappa shape index (κ1) is 28.0. The number of carbonyl (C=O) groups is 2. The molecule has 11 nitrogen and oxygen atoms in total. The van der Waals surface area contributed by atoms with Crippen molar-refractivity contribution in [2.75, 3.05) is 49.3 Å². The van der Waals surface area contributed by atoms with E-state index in [0.29, 0.717) is 75.3 Å². The van der Waals surface area contributed by atoms with E-state index in [0.717, 1.165) is 12.8 Å². The van der Waals surface area contributed by atoms with E-state index in [4.69, 9.17) is 19.2 Å². The van der Waals surface area contributed by atoms with E-state index in [1.54, 1.807) is 28.6 Å². The van der Waals surface area contributed by atoms with E-state index in [-0.39, 0.29) is 17.6 Å². The second-order valence-electron chi connectivity index (χ2n) is 11.5. The summed E-state index contributed by atoms with van der Waals surface area (Å²) in [4.78, 5) is 37.9. The third-order valence-electron chi connectivity index (χ3n) is 7.88. The van der Waals surface area contributed by atoms with Crippen LogP contribution in [0.3, 0.4) is 0 Å². The van der Waals surface area contributed by atoms with Crippen LogP contribution in [0.4, 0.5) is 10.7 Å². The predicted molar refractivity (Wildman–Crippen MR) is 146 cm³/mol. The van der Waals surface area contributed by atoms with Crippen molar-refractivity contribution in [2.45, 2.75) is 64.3 Å². The molecule has 3 fully saturated rings. The quantitative estimate of drug-likeness (QED) is 0.255. The van der Waals surface area contributed by atoms with Gasteiger partial charge in [-0.15, -0.1) is 4.58 Å². The van der Waals surface area contributed by atoms with Crippen LogP contribution < -0.4 is 4.90 Å². The number of anilines is 1. The number of ether oxygens (including phenoxy) is 3. The van der Waals surface area contributed by atoms with Crippen LogP contribution in [0.25, 0.3) is 0 Å². The van der Waals surface area contributed by atoms with Crippen LogP contribution in [0.5, 0.6) is 0 Å². The summed E-state index contributed by atoms with van der Waals surface area (Å²) >= 11 is 1.67. The summed E-state index contributed by atoms with van der Waals surface area (Å²) in [6.45, 7) is 8.02. The Bertz CT molecular complexity index is 1160. The highest BCUT2D eigenvalue weighted by Crippen LogP contribution is 2.55. The topological polar surface area (TPSA) is 126 Å². The number of hydrogen-bond acceptors (Lipinski definition) is 11. The zero-order valence-corrected chi connectivity index (χ0v) is 23.7. The van der Waals surface area contributed by atoms with Gasteiger partial charge in [-0.25, -0.2) is 9.97 Å². The lowest BCUT2D eigenvalue weighted by molar-refractivity contribution is -0.443. The monoisotopic (exact) mass is 560 g/mol. The molecule has 0 bridgehead atoms. The first-order valence-corrected chi connectivity index (χ1v) is 14.9. The lowest BCUT2D eigenvalue weighted by Crippen LogP contribution is -2.62. The van der Waals surface area contributed by atoms with Gasteiger partial charge in [0.05, 0.1) is 36.8 Å². The molecule has 3 aliphatic heterocycles. The molecule has 2 unspecified atom stereocenters. The lowest BCUT2D eigenvalue weighted by atomic mass is 9.64. The normalized spacial score (nSPS) is 27.9. The zero-order chi connectivity index (χ0) is 27.7. The van der Waals surface area contributed by atoms with E-state index >= 15 is 0 Å². The van der Waals surface area contributed by atoms with E-state index in [2.05, 4.69) is 10.1 Å². The average Bonchev–Trinajstić information content (AvgIpc) is 3.23. The van der Waals surface area contributed by atoms with E-state index < -0.39 is 22.7 Å². The molecule has 212 valence electrons. The van der Waals surface area contributed by atoms with Gasteiger partial charge in [0.25, 0.3) is 0 Å². The van der Waals surface area contributed by atoms with Crippen LogP contribution in [-0.2, 0) is 19.0 Å². The van der Waals surface area contributed by atoms with Crippen LogP contribution in [0.2, 0.25) is 0 Å². The van der Waals surface area contributed by atoms with Crippen molar-refractivity contribution >= 4 is 41.5 Å². The van der Waals surface area contributed by atoms with Gasteiger partial charge in [-0.3, -0.25) is 4.79 Å². The molecule has 2 spiro atoms. The highest BCUT2D eigenvalue weighted by Gasteiger charge is 2.64. The molecule has 2 atom stereocenters. The van der Waals surface area contributed by atoms with Gasteiger partial charge in [0.1, 0.15) is 11.3 Å². The summed E-state index contributed by atoms with van der Waals surface area (Å²) in [5.41, 5.74) is -0.693. The van der Waals surface area contributed by atoms with Crippen LogP contribution in [-0.4, -0.2) is 99.3 Å². The number of fused-ring (bicyclic) bond motifs is 1. The predicted octanol–water partition coefficient (Wildman–Crippen LogP) is 3.12. The second-order valence-corrected chi connectivity index (χ2v) is 12.6. The number of rotatable bonds is 3. The molecule has 1 aliphatic carbocycles. The average molecular weight is 561 g/mol. The maximum absolute atomic E-state index is 14.2. The maximum Gasteiger partial charge on any atom is 0.596 e. The highest BCUT2D eigenvalue weighted by molar-refractivity contribution is 7.99. The number of hydrogen-bond donors (Lipinski definition) is 1. The number of carbonyl (C=O) groups excluding carboxylic acids is 2. The van der Waals surface area contributed by atoms with Crippen molar-refractivity contribution in [1.29, 1.82) is 0 Å².